The molecule has 1 aliphatic carbocycles. The quantitative estimate of drug-likeness (QED) is 0.619. The normalized spacial score (nSPS) is 23.5. The van der Waals surface area contributed by atoms with E-state index in [9.17, 15) is 4.39 Å². The zero-order chi connectivity index (χ0) is 13.7. The molecule has 0 N–H and O–H groups in total. The molecule has 0 amide bonds. The fourth-order valence-electron chi connectivity index (χ4n) is 3.28. The molecule has 1 fully saturated rings. The predicted octanol–water partition coefficient (Wildman–Crippen LogP) is 6.02. The lowest BCUT2D eigenvalue weighted by molar-refractivity contribution is 0.252. The minimum absolute atomic E-state index is 0.226. The van der Waals surface area contributed by atoms with Crippen LogP contribution >= 0.6 is 11.6 Å². The molecule has 19 heavy (non-hydrogen) atoms. The third kappa shape index (κ3) is 4.49. The average Bonchev–Trinajstić information content (AvgIpc) is 2.42. The molecule has 0 atom stereocenters. The Labute approximate surface area is 121 Å². The zero-order valence-corrected chi connectivity index (χ0v) is 12.6. The van der Waals surface area contributed by atoms with Crippen LogP contribution in [0.25, 0.3) is 0 Å². The van der Waals surface area contributed by atoms with E-state index in [1.807, 2.05) is 6.07 Å². The van der Waals surface area contributed by atoms with Crippen molar-refractivity contribution in [3.8, 4) is 0 Å². The molecule has 1 aromatic rings. The van der Waals surface area contributed by atoms with Crippen molar-refractivity contribution in [2.75, 3.05) is 0 Å². The number of halogens is 2. The van der Waals surface area contributed by atoms with Crippen LogP contribution in [0.15, 0.2) is 18.2 Å². The van der Waals surface area contributed by atoms with E-state index in [4.69, 9.17) is 11.6 Å². The summed E-state index contributed by atoms with van der Waals surface area (Å²) in [6.45, 7) is 2.28. The first-order valence-electron chi connectivity index (χ1n) is 7.63. The molecule has 0 aliphatic heterocycles. The van der Waals surface area contributed by atoms with Crippen molar-refractivity contribution in [1.82, 2.24) is 0 Å². The van der Waals surface area contributed by atoms with E-state index in [1.165, 1.54) is 44.9 Å². The SMILES string of the molecule is CCC[C@H]1CC[C@H](CCc2ccc(Cl)c(F)c2)CC1. The van der Waals surface area contributed by atoms with Gasteiger partial charge in [-0.15, -0.1) is 0 Å². The number of rotatable bonds is 5. The second-order valence-electron chi connectivity index (χ2n) is 5.96. The maximum Gasteiger partial charge on any atom is 0.142 e. The maximum absolute atomic E-state index is 13.3. The summed E-state index contributed by atoms with van der Waals surface area (Å²) in [5.74, 6) is 1.52. The summed E-state index contributed by atoms with van der Waals surface area (Å²) in [7, 11) is 0. The van der Waals surface area contributed by atoms with Crippen LogP contribution in [0, 0.1) is 17.7 Å². The van der Waals surface area contributed by atoms with Crippen molar-refractivity contribution < 1.29 is 4.39 Å². The summed E-state index contributed by atoms with van der Waals surface area (Å²) in [6, 6.07) is 5.21. The van der Waals surface area contributed by atoms with E-state index in [2.05, 4.69) is 6.92 Å². The number of hydrogen-bond acceptors (Lipinski definition) is 0. The Morgan fingerprint density at radius 1 is 1.11 bits per heavy atom. The number of hydrogen-bond donors (Lipinski definition) is 0. The van der Waals surface area contributed by atoms with E-state index in [0.29, 0.717) is 0 Å². The van der Waals surface area contributed by atoms with Crippen molar-refractivity contribution in [3.63, 3.8) is 0 Å². The van der Waals surface area contributed by atoms with Gasteiger partial charge in [0, 0.05) is 0 Å². The fourth-order valence-corrected chi connectivity index (χ4v) is 3.40. The van der Waals surface area contributed by atoms with E-state index in [0.717, 1.165) is 23.8 Å². The van der Waals surface area contributed by atoms with Gasteiger partial charge in [-0.25, -0.2) is 4.39 Å². The molecular weight excluding hydrogens is 259 g/mol. The van der Waals surface area contributed by atoms with E-state index in [-0.39, 0.29) is 10.8 Å². The lowest BCUT2D eigenvalue weighted by atomic mass is 9.78. The number of benzene rings is 1. The van der Waals surface area contributed by atoms with Crippen LogP contribution in [0.4, 0.5) is 4.39 Å². The molecule has 0 bridgehead atoms. The van der Waals surface area contributed by atoms with Crippen molar-refractivity contribution in [1.29, 1.82) is 0 Å². The second kappa shape index (κ2) is 7.28. The molecule has 0 saturated heterocycles. The highest BCUT2D eigenvalue weighted by Crippen LogP contribution is 2.33. The summed E-state index contributed by atoms with van der Waals surface area (Å²) >= 11 is 5.70. The van der Waals surface area contributed by atoms with E-state index in [1.54, 1.807) is 12.1 Å². The van der Waals surface area contributed by atoms with Gasteiger partial charge in [0.15, 0.2) is 0 Å². The standard InChI is InChI=1S/C17H24ClF/c1-2-3-13-4-6-14(7-5-13)8-9-15-10-11-16(18)17(19)12-15/h10-14H,2-9H2,1H3/t13-,14-. The lowest BCUT2D eigenvalue weighted by Crippen LogP contribution is -2.15. The predicted molar refractivity (Wildman–Crippen MR) is 80.1 cm³/mol. The highest BCUT2D eigenvalue weighted by molar-refractivity contribution is 6.30. The molecule has 106 valence electrons. The molecule has 0 heterocycles. The molecule has 0 unspecified atom stereocenters. The van der Waals surface area contributed by atoms with Gasteiger partial charge < -0.3 is 0 Å². The molecular formula is C17H24ClF. The Morgan fingerprint density at radius 3 is 2.32 bits per heavy atom. The van der Waals surface area contributed by atoms with Crippen molar-refractivity contribution in [2.45, 2.75) is 58.3 Å². The van der Waals surface area contributed by atoms with Gasteiger partial charge in [-0.3, -0.25) is 0 Å². The van der Waals surface area contributed by atoms with Gasteiger partial charge >= 0.3 is 0 Å². The zero-order valence-electron chi connectivity index (χ0n) is 11.8. The Kier molecular flexibility index (Phi) is 5.69. The van der Waals surface area contributed by atoms with Crippen LogP contribution in [-0.2, 0) is 6.42 Å². The third-order valence-electron chi connectivity index (χ3n) is 4.49. The van der Waals surface area contributed by atoms with Crippen molar-refractivity contribution >= 4 is 11.6 Å². The first-order chi connectivity index (χ1) is 9.19. The van der Waals surface area contributed by atoms with Gasteiger partial charge in [0.1, 0.15) is 5.82 Å². The summed E-state index contributed by atoms with van der Waals surface area (Å²) in [5, 5.41) is 0.226. The number of aryl methyl sites for hydroxylation is 1. The molecule has 0 nitrogen and oxygen atoms in total. The topological polar surface area (TPSA) is 0 Å². The van der Waals surface area contributed by atoms with Gasteiger partial charge in [0.25, 0.3) is 0 Å². The summed E-state index contributed by atoms with van der Waals surface area (Å²) in [4.78, 5) is 0. The van der Waals surface area contributed by atoms with Crippen LogP contribution in [0.3, 0.4) is 0 Å². The minimum atomic E-state index is -0.286. The largest absolute Gasteiger partial charge is 0.205 e. The Hall–Kier alpha value is -0.560. The van der Waals surface area contributed by atoms with Crippen LogP contribution < -0.4 is 0 Å². The van der Waals surface area contributed by atoms with Crippen LogP contribution in [0.1, 0.15) is 57.4 Å². The average molecular weight is 283 g/mol. The third-order valence-corrected chi connectivity index (χ3v) is 4.80. The van der Waals surface area contributed by atoms with E-state index < -0.39 is 0 Å². The first-order valence-corrected chi connectivity index (χ1v) is 8.00. The monoisotopic (exact) mass is 282 g/mol. The fraction of sp³-hybridized carbons (Fsp3) is 0.647. The van der Waals surface area contributed by atoms with Crippen LogP contribution in [-0.4, -0.2) is 0 Å². The second-order valence-corrected chi connectivity index (χ2v) is 6.37. The van der Waals surface area contributed by atoms with Gasteiger partial charge in [-0.05, 0) is 42.4 Å². The molecule has 0 aromatic heterocycles. The smallest absolute Gasteiger partial charge is 0.142 e. The van der Waals surface area contributed by atoms with Crippen molar-refractivity contribution in [3.05, 3.63) is 34.6 Å². The lowest BCUT2D eigenvalue weighted by Gasteiger charge is -2.28. The molecule has 2 heteroatoms. The molecule has 2 rings (SSSR count). The van der Waals surface area contributed by atoms with Crippen LogP contribution in [0.5, 0.6) is 0 Å². The molecule has 1 aromatic carbocycles. The van der Waals surface area contributed by atoms with Gasteiger partial charge in [-0.2, -0.15) is 0 Å². The summed E-state index contributed by atoms with van der Waals surface area (Å²) in [6.07, 6.45) is 10.4. The maximum atomic E-state index is 13.3. The minimum Gasteiger partial charge on any atom is -0.205 e. The van der Waals surface area contributed by atoms with Gasteiger partial charge in [0.2, 0.25) is 0 Å². The first kappa shape index (κ1) is 14.8. The molecule has 1 saturated carbocycles. The Bertz CT molecular complexity index is 394. The Balaban J connectivity index is 1.75. The molecule has 0 radical (unpaired) electrons. The highest BCUT2D eigenvalue weighted by Gasteiger charge is 2.20. The molecule has 1 aliphatic rings. The van der Waals surface area contributed by atoms with Crippen molar-refractivity contribution in [2.24, 2.45) is 11.8 Å². The van der Waals surface area contributed by atoms with Crippen LogP contribution in [0.2, 0.25) is 5.02 Å². The Morgan fingerprint density at radius 2 is 1.74 bits per heavy atom. The summed E-state index contributed by atoms with van der Waals surface area (Å²) in [5.41, 5.74) is 1.08. The highest BCUT2D eigenvalue weighted by atomic mass is 35.5. The summed E-state index contributed by atoms with van der Waals surface area (Å²) < 4.78 is 13.3. The molecule has 0 spiro atoms. The van der Waals surface area contributed by atoms with E-state index >= 15 is 0 Å². The van der Waals surface area contributed by atoms with Gasteiger partial charge in [0.05, 0.1) is 5.02 Å². The van der Waals surface area contributed by atoms with Gasteiger partial charge in [-0.1, -0.05) is 63.1 Å².